The maximum absolute atomic E-state index is 12.3. The minimum atomic E-state index is -0.0777. The van der Waals surface area contributed by atoms with Crippen LogP contribution in [0.3, 0.4) is 0 Å². The third-order valence-electron chi connectivity index (χ3n) is 5.99. The van der Waals surface area contributed by atoms with Crippen molar-refractivity contribution in [2.75, 3.05) is 19.6 Å². The van der Waals surface area contributed by atoms with Crippen molar-refractivity contribution < 1.29 is 4.79 Å². The average molecular weight is 334 g/mol. The fourth-order valence-corrected chi connectivity index (χ4v) is 4.61. The number of fused-ring (bicyclic) bond motifs is 2. The van der Waals surface area contributed by atoms with Gasteiger partial charge in [-0.25, -0.2) is 0 Å². The maximum atomic E-state index is 12.3. The van der Waals surface area contributed by atoms with Crippen LogP contribution in [0.15, 0.2) is 54.6 Å². The standard InChI is InChI=1S/C22H26N2O/c1-18(25)24-17-20-9-5-6-10-21(20)22(24)12-15-23(16-13-22)14-11-19-7-3-2-4-8-19/h2-10H,11-17H2,1H3. The molecule has 0 unspecified atom stereocenters. The number of piperidine rings is 1. The number of rotatable bonds is 3. The quantitative estimate of drug-likeness (QED) is 0.856. The van der Waals surface area contributed by atoms with Crippen LogP contribution in [0, 0.1) is 0 Å². The summed E-state index contributed by atoms with van der Waals surface area (Å²) in [7, 11) is 0. The van der Waals surface area contributed by atoms with E-state index in [4.69, 9.17) is 0 Å². The molecule has 0 saturated carbocycles. The number of likely N-dealkylation sites (tertiary alicyclic amines) is 1. The highest BCUT2D eigenvalue weighted by Crippen LogP contribution is 2.46. The lowest BCUT2D eigenvalue weighted by molar-refractivity contribution is -0.137. The van der Waals surface area contributed by atoms with Crippen molar-refractivity contribution >= 4 is 5.91 Å². The Morgan fingerprint density at radius 3 is 2.40 bits per heavy atom. The SMILES string of the molecule is CC(=O)N1Cc2ccccc2C12CCN(CCc1ccccc1)CC2. The highest BCUT2D eigenvalue weighted by molar-refractivity contribution is 5.76. The topological polar surface area (TPSA) is 23.6 Å². The molecule has 0 bridgehead atoms. The predicted octanol–water partition coefficient (Wildman–Crippen LogP) is 3.58. The van der Waals surface area contributed by atoms with Crippen LogP contribution in [-0.4, -0.2) is 35.3 Å². The van der Waals surface area contributed by atoms with Gasteiger partial charge in [0.2, 0.25) is 5.91 Å². The minimum Gasteiger partial charge on any atom is -0.329 e. The van der Waals surface area contributed by atoms with Gasteiger partial charge in [0, 0.05) is 33.1 Å². The molecule has 2 aromatic carbocycles. The molecule has 1 saturated heterocycles. The summed E-state index contributed by atoms with van der Waals surface area (Å²) in [5, 5.41) is 0. The van der Waals surface area contributed by atoms with Crippen molar-refractivity contribution in [3.05, 3.63) is 71.3 Å². The average Bonchev–Trinajstić information content (AvgIpc) is 2.97. The molecule has 0 radical (unpaired) electrons. The highest BCUT2D eigenvalue weighted by Gasteiger charge is 2.47. The van der Waals surface area contributed by atoms with E-state index in [1.165, 1.54) is 16.7 Å². The van der Waals surface area contributed by atoms with Crippen molar-refractivity contribution in [2.45, 2.75) is 38.3 Å². The van der Waals surface area contributed by atoms with Crippen molar-refractivity contribution in [2.24, 2.45) is 0 Å². The smallest absolute Gasteiger partial charge is 0.220 e. The van der Waals surface area contributed by atoms with Gasteiger partial charge in [0.15, 0.2) is 0 Å². The van der Waals surface area contributed by atoms with E-state index < -0.39 is 0 Å². The molecular formula is C22H26N2O. The zero-order valence-electron chi connectivity index (χ0n) is 14.9. The highest BCUT2D eigenvalue weighted by atomic mass is 16.2. The number of hydrogen-bond donors (Lipinski definition) is 0. The third-order valence-corrected chi connectivity index (χ3v) is 5.99. The van der Waals surface area contributed by atoms with Crippen LogP contribution in [0.2, 0.25) is 0 Å². The molecule has 1 spiro atoms. The lowest BCUT2D eigenvalue weighted by atomic mass is 9.80. The number of nitrogens with zero attached hydrogens (tertiary/aromatic N) is 2. The number of carbonyl (C=O) groups excluding carboxylic acids is 1. The molecule has 2 aliphatic heterocycles. The summed E-state index contributed by atoms with van der Waals surface area (Å²) in [6, 6.07) is 19.3. The third kappa shape index (κ3) is 2.98. The molecule has 2 aliphatic rings. The summed E-state index contributed by atoms with van der Waals surface area (Å²) in [5.74, 6) is 0.203. The Morgan fingerprint density at radius 1 is 1.00 bits per heavy atom. The van der Waals surface area contributed by atoms with Gasteiger partial charge in [-0.2, -0.15) is 0 Å². The van der Waals surface area contributed by atoms with E-state index in [9.17, 15) is 4.79 Å². The zero-order valence-corrected chi connectivity index (χ0v) is 14.9. The molecular weight excluding hydrogens is 308 g/mol. The minimum absolute atomic E-state index is 0.0777. The van der Waals surface area contributed by atoms with Crippen molar-refractivity contribution in [1.82, 2.24) is 9.80 Å². The zero-order chi connectivity index (χ0) is 17.3. The second kappa shape index (κ2) is 6.64. The van der Waals surface area contributed by atoms with Crippen LogP contribution in [0.4, 0.5) is 0 Å². The van der Waals surface area contributed by atoms with Gasteiger partial charge in [-0.05, 0) is 36.0 Å². The van der Waals surface area contributed by atoms with Crippen molar-refractivity contribution in [3.8, 4) is 0 Å². The number of carbonyl (C=O) groups is 1. The van der Waals surface area contributed by atoms with Crippen molar-refractivity contribution in [1.29, 1.82) is 0 Å². The van der Waals surface area contributed by atoms with Gasteiger partial charge >= 0.3 is 0 Å². The van der Waals surface area contributed by atoms with E-state index in [1.54, 1.807) is 6.92 Å². The molecule has 25 heavy (non-hydrogen) atoms. The number of hydrogen-bond acceptors (Lipinski definition) is 2. The lowest BCUT2D eigenvalue weighted by Gasteiger charge is -2.45. The molecule has 1 fully saturated rings. The van der Waals surface area contributed by atoms with Gasteiger partial charge < -0.3 is 9.80 Å². The Morgan fingerprint density at radius 2 is 1.68 bits per heavy atom. The van der Waals surface area contributed by atoms with Crippen LogP contribution in [0.25, 0.3) is 0 Å². The van der Waals surface area contributed by atoms with Gasteiger partial charge in [0.25, 0.3) is 0 Å². The van der Waals surface area contributed by atoms with E-state index in [2.05, 4.69) is 64.4 Å². The second-order valence-corrected chi connectivity index (χ2v) is 7.37. The van der Waals surface area contributed by atoms with Crippen LogP contribution in [0.1, 0.15) is 36.5 Å². The van der Waals surface area contributed by atoms with Crippen LogP contribution in [-0.2, 0) is 23.3 Å². The monoisotopic (exact) mass is 334 g/mol. The molecule has 3 heteroatoms. The van der Waals surface area contributed by atoms with Gasteiger partial charge in [-0.15, -0.1) is 0 Å². The first kappa shape index (κ1) is 16.3. The van der Waals surface area contributed by atoms with Crippen LogP contribution in [0.5, 0.6) is 0 Å². The number of amides is 1. The summed E-state index contributed by atoms with van der Waals surface area (Å²) in [6.45, 7) is 5.71. The summed E-state index contributed by atoms with van der Waals surface area (Å²) in [6.07, 6.45) is 3.18. The normalized spacial score (nSPS) is 19.2. The molecule has 0 N–H and O–H groups in total. The Labute approximate surface area is 150 Å². The summed E-state index contributed by atoms with van der Waals surface area (Å²) >= 11 is 0. The maximum Gasteiger partial charge on any atom is 0.220 e. The van der Waals surface area contributed by atoms with E-state index in [0.717, 1.165) is 45.4 Å². The van der Waals surface area contributed by atoms with Gasteiger partial charge in [-0.1, -0.05) is 54.6 Å². The molecule has 0 atom stereocenters. The van der Waals surface area contributed by atoms with E-state index in [1.807, 2.05) is 0 Å². The van der Waals surface area contributed by atoms with Gasteiger partial charge in [-0.3, -0.25) is 4.79 Å². The molecule has 2 aromatic rings. The Bertz CT molecular complexity index is 748. The molecule has 4 rings (SSSR count). The van der Waals surface area contributed by atoms with Gasteiger partial charge in [0.05, 0.1) is 5.54 Å². The first-order valence-electron chi connectivity index (χ1n) is 9.32. The molecule has 0 aliphatic carbocycles. The van der Waals surface area contributed by atoms with E-state index in [-0.39, 0.29) is 11.4 Å². The lowest BCUT2D eigenvalue weighted by Crippen LogP contribution is -2.51. The fraction of sp³-hybridized carbons (Fsp3) is 0.409. The molecule has 1 amide bonds. The largest absolute Gasteiger partial charge is 0.329 e. The van der Waals surface area contributed by atoms with Crippen LogP contribution < -0.4 is 0 Å². The predicted molar refractivity (Wildman–Crippen MR) is 100 cm³/mol. The summed E-state index contributed by atoms with van der Waals surface area (Å²) < 4.78 is 0. The summed E-state index contributed by atoms with van der Waals surface area (Å²) in [5.41, 5.74) is 4.04. The Hall–Kier alpha value is -2.13. The van der Waals surface area contributed by atoms with Crippen LogP contribution >= 0.6 is 0 Å². The molecule has 3 nitrogen and oxygen atoms in total. The molecule has 130 valence electrons. The first-order chi connectivity index (χ1) is 12.2. The number of benzene rings is 2. The van der Waals surface area contributed by atoms with E-state index in [0.29, 0.717) is 0 Å². The summed E-state index contributed by atoms with van der Waals surface area (Å²) in [4.78, 5) is 17.0. The molecule has 2 heterocycles. The fourth-order valence-electron chi connectivity index (χ4n) is 4.61. The Balaban J connectivity index is 1.47. The van der Waals surface area contributed by atoms with Crippen molar-refractivity contribution in [3.63, 3.8) is 0 Å². The Kier molecular flexibility index (Phi) is 4.34. The van der Waals surface area contributed by atoms with Gasteiger partial charge in [0.1, 0.15) is 0 Å². The van der Waals surface area contributed by atoms with E-state index >= 15 is 0 Å². The molecule has 0 aromatic heterocycles. The first-order valence-corrected chi connectivity index (χ1v) is 9.32. The second-order valence-electron chi connectivity index (χ2n) is 7.37.